The lowest BCUT2D eigenvalue weighted by Gasteiger charge is -2.04. The number of hydrogen-bond donors (Lipinski definition) is 1. The summed E-state index contributed by atoms with van der Waals surface area (Å²) in [5.41, 5.74) is 1.55. The van der Waals surface area contributed by atoms with Crippen molar-refractivity contribution >= 4 is 6.09 Å². The number of nitrogens with zero attached hydrogens (tertiary/aromatic N) is 1. The number of pyridine rings is 1. The first kappa shape index (κ1) is 15.4. The van der Waals surface area contributed by atoms with Crippen molar-refractivity contribution in [2.75, 3.05) is 13.7 Å². The standard InChI is InChI=1S/C17H16N2O3/c1-21-16-10-9-15(19-12-16)8-5-11-18-17(20)22-13-14-6-3-2-4-7-14/h2-4,6-7,9-10,12H,11,13H2,1H3,(H,18,20). The molecule has 2 aromatic rings. The molecule has 1 aromatic carbocycles. The van der Waals surface area contributed by atoms with Crippen molar-refractivity contribution in [1.29, 1.82) is 0 Å². The number of alkyl carbamates (subject to hydrolysis) is 1. The van der Waals surface area contributed by atoms with Crippen LogP contribution in [0.2, 0.25) is 0 Å². The van der Waals surface area contributed by atoms with E-state index in [1.165, 1.54) is 0 Å². The van der Waals surface area contributed by atoms with Crippen molar-refractivity contribution in [3.63, 3.8) is 0 Å². The van der Waals surface area contributed by atoms with Gasteiger partial charge >= 0.3 is 6.09 Å². The second-order valence-electron chi connectivity index (χ2n) is 4.30. The summed E-state index contributed by atoms with van der Waals surface area (Å²) in [6.45, 7) is 0.432. The van der Waals surface area contributed by atoms with Crippen molar-refractivity contribution in [1.82, 2.24) is 10.3 Å². The van der Waals surface area contributed by atoms with Crippen LogP contribution in [0.25, 0.3) is 0 Å². The number of rotatable bonds is 4. The molecule has 0 aliphatic rings. The van der Waals surface area contributed by atoms with E-state index in [4.69, 9.17) is 9.47 Å². The molecule has 5 nitrogen and oxygen atoms in total. The maximum atomic E-state index is 11.5. The van der Waals surface area contributed by atoms with Gasteiger partial charge in [-0.2, -0.15) is 0 Å². The van der Waals surface area contributed by atoms with Crippen LogP contribution in [0, 0.1) is 11.8 Å². The third kappa shape index (κ3) is 5.17. The zero-order valence-corrected chi connectivity index (χ0v) is 12.2. The number of aromatic nitrogens is 1. The van der Waals surface area contributed by atoms with Crippen LogP contribution in [0.4, 0.5) is 4.79 Å². The van der Waals surface area contributed by atoms with Crippen molar-refractivity contribution in [3.8, 4) is 17.6 Å². The lowest BCUT2D eigenvalue weighted by atomic mass is 10.2. The normalized spacial score (nSPS) is 9.32. The maximum Gasteiger partial charge on any atom is 0.408 e. The van der Waals surface area contributed by atoms with Crippen LogP contribution in [0.5, 0.6) is 5.75 Å². The molecule has 0 saturated heterocycles. The molecule has 0 bridgehead atoms. The van der Waals surface area contributed by atoms with E-state index in [-0.39, 0.29) is 13.2 Å². The van der Waals surface area contributed by atoms with E-state index >= 15 is 0 Å². The lowest BCUT2D eigenvalue weighted by molar-refractivity contribution is 0.141. The summed E-state index contributed by atoms with van der Waals surface area (Å²) < 4.78 is 10.1. The van der Waals surface area contributed by atoms with E-state index in [0.29, 0.717) is 11.4 Å². The van der Waals surface area contributed by atoms with Gasteiger partial charge in [0.15, 0.2) is 0 Å². The molecular formula is C17H16N2O3. The van der Waals surface area contributed by atoms with Gasteiger partial charge in [0.2, 0.25) is 0 Å². The number of nitrogens with one attached hydrogen (secondary N) is 1. The molecule has 1 aromatic heterocycles. The third-order valence-electron chi connectivity index (χ3n) is 2.72. The molecule has 0 saturated carbocycles. The van der Waals surface area contributed by atoms with Crippen molar-refractivity contribution in [2.24, 2.45) is 0 Å². The molecular weight excluding hydrogens is 280 g/mol. The van der Waals surface area contributed by atoms with Crippen LogP contribution >= 0.6 is 0 Å². The van der Waals surface area contributed by atoms with E-state index in [2.05, 4.69) is 22.1 Å². The first-order chi connectivity index (χ1) is 10.8. The first-order valence-electron chi connectivity index (χ1n) is 6.71. The Morgan fingerprint density at radius 2 is 2.05 bits per heavy atom. The Morgan fingerprint density at radius 3 is 2.73 bits per heavy atom. The minimum Gasteiger partial charge on any atom is -0.495 e. The van der Waals surface area contributed by atoms with E-state index in [1.54, 1.807) is 25.4 Å². The van der Waals surface area contributed by atoms with Crippen molar-refractivity contribution < 1.29 is 14.3 Å². The Morgan fingerprint density at radius 1 is 1.23 bits per heavy atom. The third-order valence-corrected chi connectivity index (χ3v) is 2.72. The average molecular weight is 296 g/mol. The van der Waals surface area contributed by atoms with Crippen LogP contribution in [-0.2, 0) is 11.3 Å². The predicted octanol–water partition coefficient (Wildman–Crippen LogP) is 2.37. The van der Waals surface area contributed by atoms with Gasteiger partial charge in [0.1, 0.15) is 18.1 Å². The molecule has 5 heteroatoms. The Labute approximate surface area is 129 Å². The molecule has 1 N–H and O–H groups in total. The fourth-order valence-electron chi connectivity index (χ4n) is 1.60. The summed E-state index contributed by atoms with van der Waals surface area (Å²) in [5, 5.41) is 2.56. The van der Waals surface area contributed by atoms with Gasteiger partial charge in [-0.25, -0.2) is 9.78 Å². The molecule has 0 unspecified atom stereocenters. The molecule has 0 aliphatic heterocycles. The van der Waals surface area contributed by atoms with Gasteiger partial charge in [-0.3, -0.25) is 0 Å². The quantitative estimate of drug-likeness (QED) is 0.880. The molecule has 0 aliphatic carbocycles. The van der Waals surface area contributed by atoms with Crippen LogP contribution in [0.1, 0.15) is 11.3 Å². The van der Waals surface area contributed by atoms with E-state index in [9.17, 15) is 4.79 Å². The summed E-state index contributed by atoms with van der Waals surface area (Å²) in [7, 11) is 1.58. The Balaban J connectivity index is 1.71. The topological polar surface area (TPSA) is 60.5 Å². The molecule has 22 heavy (non-hydrogen) atoms. The van der Waals surface area contributed by atoms with Crippen LogP contribution in [0.3, 0.4) is 0 Å². The predicted molar refractivity (Wildman–Crippen MR) is 82.3 cm³/mol. The summed E-state index contributed by atoms with van der Waals surface area (Å²) in [5.74, 6) is 6.32. The maximum absolute atomic E-state index is 11.5. The number of carbonyl (C=O) groups is 1. The van der Waals surface area contributed by atoms with Gasteiger partial charge < -0.3 is 14.8 Å². The lowest BCUT2D eigenvalue weighted by Crippen LogP contribution is -2.24. The second-order valence-corrected chi connectivity index (χ2v) is 4.30. The summed E-state index contributed by atoms with van der Waals surface area (Å²) >= 11 is 0. The zero-order chi connectivity index (χ0) is 15.6. The minimum atomic E-state index is -0.499. The van der Waals surface area contributed by atoms with Crippen LogP contribution < -0.4 is 10.1 Å². The SMILES string of the molecule is COc1ccc(C#CCNC(=O)OCc2ccccc2)nc1. The molecule has 1 amide bonds. The smallest absolute Gasteiger partial charge is 0.408 e. The number of hydrogen-bond acceptors (Lipinski definition) is 4. The number of carbonyl (C=O) groups excluding carboxylic acids is 1. The van der Waals surface area contributed by atoms with Crippen molar-refractivity contribution in [3.05, 3.63) is 59.9 Å². The summed E-state index contributed by atoms with van der Waals surface area (Å²) in [6.07, 6.45) is 1.09. The number of amides is 1. The summed E-state index contributed by atoms with van der Waals surface area (Å²) in [6, 6.07) is 13.0. The molecule has 0 fully saturated rings. The van der Waals surface area contributed by atoms with E-state index in [0.717, 1.165) is 5.56 Å². The molecule has 0 radical (unpaired) electrons. The Hall–Kier alpha value is -3.00. The minimum absolute atomic E-state index is 0.196. The van der Waals surface area contributed by atoms with Gasteiger partial charge in [-0.05, 0) is 23.6 Å². The van der Waals surface area contributed by atoms with Gasteiger partial charge in [0, 0.05) is 0 Å². The van der Waals surface area contributed by atoms with E-state index in [1.807, 2.05) is 30.3 Å². The Bertz CT molecular complexity index is 658. The monoisotopic (exact) mass is 296 g/mol. The molecule has 0 spiro atoms. The highest BCUT2D eigenvalue weighted by Crippen LogP contribution is 2.06. The van der Waals surface area contributed by atoms with Crippen LogP contribution in [0.15, 0.2) is 48.7 Å². The van der Waals surface area contributed by atoms with Gasteiger partial charge in [0.25, 0.3) is 0 Å². The fraction of sp³-hybridized carbons (Fsp3) is 0.176. The van der Waals surface area contributed by atoms with Crippen LogP contribution in [-0.4, -0.2) is 24.7 Å². The molecule has 1 heterocycles. The second kappa shape index (κ2) is 8.32. The largest absolute Gasteiger partial charge is 0.495 e. The average Bonchev–Trinajstić information content (AvgIpc) is 2.58. The number of ether oxygens (including phenoxy) is 2. The highest BCUT2D eigenvalue weighted by Gasteiger charge is 2.00. The van der Waals surface area contributed by atoms with Gasteiger partial charge in [0.05, 0.1) is 19.9 Å². The highest BCUT2D eigenvalue weighted by molar-refractivity contribution is 5.67. The van der Waals surface area contributed by atoms with E-state index < -0.39 is 6.09 Å². The number of benzene rings is 1. The fourth-order valence-corrected chi connectivity index (χ4v) is 1.60. The summed E-state index contributed by atoms with van der Waals surface area (Å²) in [4.78, 5) is 15.6. The first-order valence-corrected chi connectivity index (χ1v) is 6.71. The molecule has 0 atom stereocenters. The molecule has 2 rings (SSSR count). The number of methoxy groups -OCH3 is 1. The Kier molecular flexibility index (Phi) is 5.82. The van der Waals surface area contributed by atoms with Gasteiger partial charge in [-0.15, -0.1) is 0 Å². The van der Waals surface area contributed by atoms with Gasteiger partial charge in [-0.1, -0.05) is 36.3 Å². The van der Waals surface area contributed by atoms with Crippen molar-refractivity contribution in [2.45, 2.75) is 6.61 Å². The zero-order valence-electron chi connectivity index (χ0n) is 12.2. The molecule has 112 valence electrons. The highest BCUT2D eigenvalue weighted by atomic mass is 16.5.